The summed E-state index contributed by atoms with van der Waals surface area (Å²) in [7, 11) is 0. The van der Waals surface area contributed by atoms with Crippen LogP contribution in [0.4, 0.5) is 0 Å². The van der Waals surface area contributed by atoms with E-state index in [1.165, 1.54) is 116 Å². The molecule has 0 amide bonds. The highest BCUT2D eigenvalue weighted by atomic mass is 32.2. The van der Waals surface area contributed by atoms with Gasteiger partial charge in [-0.3, -0.25) is 19.4 Å². The van der Waals surface area contributed by atoms with E-state index in [9.17, 15) is 19.8 Å². The van der Waals surface area contributed by atoms with Gasteiger partial charge in [-0.15, -0.1) is 47.0 Å². The van der Waals surface area contributed by atoms with Crippen molar-refractivity contribution < 1.29 is 38.7 Å². The molecular weight excluding hydrogens is 885 g/mol. The monoisotopic (exact) mass is 985 g/mol. The van der Waals surface area contributed by atoms with E-state index >= 15 is 0 Å². The lowest BCUT2D eigenvalue weighted by Crippen LogP contribution is -2.39. The predicted molar refractivity (Wildman–Crippen MR) is 282 cm³/mol. The number of aliphatic hydroxyl groups excluding tert-OH is 2. The summed E-state index contributed by atoms with van der Waals surface area (Å²) in [5, 5.41) is 19.3. The maximum absolute atomic E-state index is 12.6. The molecule has 0 atom stereocenters. The third-order valence-electron chi connectivity index (χ3n) is 11.1. The minimum atomic E-state index is -0.242. The van der Waals surface area contributed by atoms with Crippen LogP contribution in [0.5, 0.6) is 0 Å². The Hall–Kier alpha value is 0.1000. The van der Waals surface area contributed by atoms with Gasteiger partial charge >= 0.3 is 11.9 Å². The molecular formula is C50H100N2O8S4. The van der Waals surface area contributed by atoms with E-state index in [1.54, 1.807) is 23.5 Å². The quantitative estimate of drug-likeness (QED) is 0.0342. The van der Waals surface area contributed by atoms with E-state index in [0.29, 0.717) is 52.5 Å². The molecule has 0 unspecified atom stereocenters. The van der Waals surface area contributed by atoms with Crippen molar-refractivity contribution in [1.29, 1.82) is 0 Å². The molecule has 0 bridgehead atoms. The highest BCUT2D eigenvalue weighted by Crippen LogP contribution is 2.37. The number of carbonyl (C=O) groups is 2. The Balaban J connectivity index is 4.07. The molecule has 0 aliphatic carbocycles. The van der Waals surface area contributed by atoms with Crippen molar-refractivity contribution in [2.45, 2.75) is 191 Å². The number of nitrogens with zero attached hydrogens (tertiary/aromatic N) is 2. The standard InChI is InChI=1S/C50H100N2O8S4/c1-7-9-11-13-15-17-19-21-23-25-37-57-39-43-61-49(3,4)63-45-41-59-47(55)27-29-51(33-35-53)31-32-52(34-36-54)30-28-48(56)60-42-46-64-50(5,6)62-44-40-58-38-26-24-22-20-18-16-14-12-10-8-2/h53-54H,7-46H2,1-6H3. The largest absolute Gasteiger partial charge is 0.465 e. The third-order valence-corrected chi connectivity index (χ3v) is 16.7. The minimum Gasteiger partial charge on any atom is -0.465 e. The van der Waals surface area contributed by atoms with Crippen molar-refractivity contribution in [3.8, 4) is 0 Å². The number of unbranched alkanes of at least 4 members (excludes halogenated alkanes) is 18. The second kappa shape index (κ2) is 46.8. The number of hydrogen-bond acceptors (Lipinski definition) is 14. The fourth-order valence-corrected chi connectivity index (χ4v) is 11.5. The van der Waals surface area contributed by atoms with Crippen LogP contribution in [0.15, 0.2) is 0 Å². The molecule has 2 N–H and O–H groups in total. The maximum Gasteiger partial charge on any atom is 0.307 e. The Labute approximate surface area is 411 Å². The van der Waals surface area contributed by atoms with Crippen molar-refractivity contribution >= 4 is 59.0 Å². The first-order chi connectivity index (χ1) is 31.0. The van der Waals surface area contributed by atoms with Gasteiger partial charge in [0.1, 0.15) is 13.2 Å². The van der Waals surface area contributed by atoms with Crippen LogP contribution in [-0.2, 0) is 28.5 Å². The molecule has 0 aliphatic rings. The van der Waals surface area contributed by atoms with E-state index < -0.39 is 0 Å². The van der Waals surface area contributed by atoms with E-state index in [1.807, 2.05) is 33.3 Å². The average Bonchev–Trinajstić information content (AvgIpc) is 3.26. The molecule has 0 aromatic rings. The van der Waals surface area contributed by atoms with Gasteiger partial charge in [0.25, 0.3) is 0 Å². The normalized spacial score (nSPS) is 12.2. The zero-order valence-electron chi connectivity index (χ0n) is 42.2. The van der Waals surface area contributed by atoms with Crippen LogP contribution in [0.3, 0.4) is 0 Å². The molecule has 382 valence electrons. The van der Waals surface area contributed by atoms with E-state index in [4.69, 9.17) is 18.9 Å². The third kappa shape index (κ3) is 45.9. The molecule has 64 heavy (non-hydrogen) atoms. The SMILES string of the molecule is CCCCCCCCCCCCOCCSC(C)(C)SCCOC(=O)CCN(CCO)CCN(CCO)CCC(=O)OCCSC(C)(C)SCCOCCCCCCCCCCCC. The highest BCUT2D eigenvalue weighted by molar-refractivity contribution is 8.18. The summed E-state index contributed by atoms with van der Waals surface area (Å²) in [5.41, 5.74) is 0. The minimum absolute atomic E-state index is 0.0129. The molecule has 0 spiro atoms. The maximum atomic E-state index is 12.6. The van der Waals surface area contributed by atoms with Gasteiger partial charge in [0, 0.05) is 75.5 Å². The topological polar surface area (TPSA) is 118 Å². The number of carbonyl (C=O) groups excluding carboxylic acids is 2. The second-order valence-corrected chi connectivity index (χ2v) is 25.2. The Morgan fingerprint density at radius 2 is 0.703 bits per heavy atom. The number of thioether (sulfide) groups is 4. The first-order valence-electron chi connectivity index (χ1n) is 25.7. The average molecular weight is 986 g/mol. The van der Waals surface area contributed by atoms with Crippen LogP contribution in [-0.4, -0.2) is 155 Å². The fourth-order valence-electron chi connectivity index (χ4n) is 7.13. The van der Waals surface area contributed by atoms with E-state index in [-0.39, 0.29) is 46.2 Å². The van der Waals surface area contributed by atoms with Gasteiger partial charge in [0.2, 0.25) is 0 Å². The molecule has 0 heterocycles. The smallest absolute Gasteiger partial charge is 0.307 e. The van der Waals surface area contributed by atoms with Gasteiger partial charge in [-0.05, 0) is 40.5 Å². The number of esters is 2. The summed E-state index contributed by atoms with van der Waals surface area (Å²) in [6, 6.07) is 0. The van der Waals surface area contributed by atoms with Crippen molar-refractivity contribution in [1.82, 2.24) is 9.80 Å². The van der Waals surface area contributed by atoms with Gasteiger partial charge in [-0.2, -0.15) is 0 Å². The Morgan fingerprint density at radius 1 is 0.406 bits per heavy atom. The van der Waals surface area contributed by atoms with Crippen molar-refractivity contribution in [2.75, 3.05) is 115 Å². The van der Waals surface area contributed by atoms with Crippen LogP contribution in [0.1, 0.15) is 183 Å². The molecule has 0 aliphatic heterocycles. The number of hydrogen-bond donors (Lipinski definition) is 2. The molecule has 0 rings (SSSR count). The molecule has 14 heteroatoms. The van der Waals surface area contributed by atoms with Crippen molar-refractivity contribution in [3.05, 3.63) is 0 Å². The van der Waals surface area contributed by atoms with Crippen LogP contribution in [0.2, 0.25) is 0 Å². The van der Waals surface area contributed by atoms with Gasteiger partial charge in [-0.25, -0.2) is 0 Å². The summed E-state index contributed by atoms with van der Waals surface area (Å²) >= 11 is 7.36. The lowest BCUT2D eigenvalue weighted by Gasteiger charge is -2.26. The molecule has 10 nitrogen and oxygen atoms in total. The lowest BCUT2D eigenvalue weighted by molar-refractivity contribution is -0.144. The zero-order valence-corrected chi connectivity index (χ0v) is 45.4. The first-order valence-corrected chi connectivity index (χ1v) is 29.6. The van der Waals surface area contributed by atoms with Crippen LogP contribution in [0.25, 0.3) is 0 Å². The second-order valence-electron chi connectivity index (χ2n) is 17.9. The summed E-state index contributed by atoms with van der Waals surface area (Å²) in [6.07, 6.45) is 27.2. The van der Waals surface area contributed by atoms with Crippen molar-refractivity contribution in [3.63, 3.8) is 0 Å². The van der Waals surface area contributed by atoms with Crippen LogP contribution >= 0.6 is 47.0 Å². The fraction of sp³-hybridized carbons (Fsp3) is 0.960. The number of rotatable bonds is 51. The first kappa shape index (κ1) is 64.1. The summed E-state index contributed by atoms with van der Waals surface area (Å²) in [5.74, 6) is 2.88. The molecule has 0 aromatic heterocycles. The summed E-state index contributed by atoms with van der Waals surface area (Å²) < 4.78 is 22.9. The predicted octanol–water partition coefficient (Wildman–Crippen LogP) is 11.7. The van der Waals surface area contributed by atoms with Gasteiger partial charge in [-0.1, -0.05) is 129 Å². The number of ether oxygens (including phenoxy) is 4. The van der Waals surface area contributed by atoms with Crippen LogP contribution < -0.4 is 0 Å². The summed E-state index contributed by atoms with van der Waals surface area (Å²) in [6.45, 7) is 20.3. The Bertz CT molecular complexity index is 954. The highest BCUT2D eigenvalue weighted by Gasteiger charge is 2.20. The van der Waals surface area contributed by atoms with E-state index in [0.717, 1.165) is 62.3 Å². The molecule has 0 radical (unpaired) electrons. The molecule has 0 aromatic carbocycles. The van der Waals surface area contributed by atoms with Gasteiger partial charge in [0.05, 0.1) is 47.4 Å². The van der Waals surface area contributed by atoms with Gasteiger partial charge < -0.3 is 29.2 Å². The molecule has 0 saturated heterocycles. The van der Waals surface area contributed by atoms with Crippen molar-refractivity contribution in [2.24, 2.45) is 0 Å². The Kier molecular flexibility index (Phi) is 46.9. The van der Waals surface area contributed by atoms with Crippen LogP contribution in [0, 0.1) is 0 Å². The lowest BCUT2D eigenvalue weighted by atomic mass is 10.1. The van der Waals surface area contributed by atoms with Gasteiger partial charge in [0.15, 0.2) is 0 Å². The number of aliphatic hydroxyl groups is 2. The molecule has 0 saturated carbocycles. The Morgan fingerprint density at radius 3 is 1.02 bits per heavy atom. The van der Waals surface area contributed by atoms with E-state index in [2.05, 4.69) is 41.5 Å². The summed E-state index contributed by atoms with van der Waals surface area (Å²) in [4.78, 5) is 29.2. The zero-order chi connectivity index (χ0) is 47.3. The molecule has 0 fully saturated rings.